The zero-order valence-electron chi connectivity index (χ0n) is 11.5. The van der Waals surface area contributed by atoms with E-state index in [4.69, 9.17) is 5.11 Å². The van der Waals surface area contributed by atoms with Crippen LogP contribution in [0.2, 0.25) is 0 Å². The summed E-state index contributed by atoms with van der Waals surface area (Å²) in [6.45, 7) is 3.12. The van der Waals surface area contributed by atoms with Gasteiger partial charge < -0.3 is 10.4 Å². The highest BCUT2D eigenvalue weighted by atomic mass is 16.4. The van der Waals surface area contributed by atoms with Gasteiger partial charge in [-0.25, -0.2) is 0 Å². The molecule has 0 fully saturated rings. The maximum absolute atomic E-state index is 11.0. The molecule has 1 aromatic heterocycles. The molecule has 2 N–H and O–H groups in total. The Hall–Kier alpha value is -2.14. The number of nitrogens with zero attached hydrogens (tertiary/aromatic N) is 2. The van der Waals surface area contributed by atoms with Gasteiger partial charge in [0.2, 0.25) is 0 Å². The van der Waals surface area contributed by atoms with Crippen LogP contribution in [0.3, 0.4) is 0 Å². The van der Waals surface area contributed by atoms with Gasteiger partial charge in [0.05, 0.1) is 6.20 Å². The van der Waals surface area contributed by atoms with Gasteiger partial charge >= 0.3 is 5.97 Å². The molecule has 1 heterocycles. The molecule has 0 aliphatic rings. The molecule has 0 aliphatic carbocycles. The van der Waals surface area contributed by atoms with Crippen molar-refractivity contribution in [1.82, 2.24) is 15.1 Å². The molecule has 0 saturated carbocycles. The molecular weight excluding hydrogens is 254 g/mol. The zero-order valence-corrected chi connectivity index (χ0v) is 11.5. The Morgan fingerprint density at radius 1 is 1.35 bits per heavy atom. The monoisotopic (exact) mass is 273 g/mol. The highest BCUT2D eigenvalue weighted by molar-refractivity contribution is 5.73. The number of likely N-dealkylation sites (N-methyl/N-ethyl adjacent to an activating group) is 1. The van der Waals surface area contributed by atoms with Crippen LogP contribution in [0, 0.1) is 0 Å². The van der Waals surface area contributed by atoms with E-state index in [2.05, 4.69) is 10.4 Å². The van der Waals surface area contributed by atoms with Crippen LogP contribution >= 0.6 is 0 Å². The summed E-state index contributed by atoms with van der Waals surface area (Å²) in [6, 6.07) is 9.47. The summed E-state index contributed by atoms with van der Waals surface area (Å²) in [7, 11) is 0. The van der Waals surface area contributed by atoms with Crippen LogP contribution in [0.5, 0.6) is 0 Å². The second-order valence-corrected chi connectivity index (χ2v) is 4.60. The molecule has 0 radical (unpaired) electrons. The molecule has 5 heteroatoms. The largest absolute Gasteiger partial charge is 0.480 e. The normalized spacial score (nSPS) is 12.2. The summed E-state index contributed by atoms with van der Waals surface area (Å²) < 4.78 is 1.79. The van der Waals surface area contributed by atoms with Crippen LogP contribution in [0.4, 0.5) is 0 Å². The molecule has 0 spiro atoms. The Bertz CT molecular complexity index is 551. The number of aliphatic carboxylic acids is 1. The number of carbonyl (C=O) groups is 1. The Kier molecular flexibility index (Phi) is 4.90. The van der Waals surface area contributed by atoms with Crippen LogP contribution in [-0.4, -0.2) is 33.4 Å². The number of carboxylic acid groups (broad SMARTS) is 1. The first-order chi connectivity index (χ1) is 9.70. The third-order valence-corrected chi connectivity index (χ3v) is 3.14. The van der Waals surface area contributed by atoms with E-state index in [1.54, 1.807) is 10.9 Å². The van der Waals surface area contributed by atoms with E-state index in [-0.39, 0.29) is 0 Å². The fourth-order valence-electron chi connectivity index (χ4n) is 2.09. The lowest BCUT2D eigenvalue weighted by Crippen LogP contribution is -2.37. The van der Waals surface area contributed by atoms with Crippen molar-refractivity contribution in [2.45, 2.75) is 25.9 Å². The lowest BCUT2D eigenvalue weighted by atomic mass is 10.1. The number of benzene rings is 1. The number of nitrogens with one attached hydrogen (secondary N) is 1. The fraction of sp³-hybridized carbons (Fsp3) is 0.333. The lowest BCUT2D eigenvalue weighted by molar-refractivity contribution is -0.139. The average molecular weight is 273 g/mol. The highest BCUT2D eigenvalue weighted by Gasteiger charge is 2.15. The van der Waals surface area contributed by atoms with Crippen molar-refractivity contribution < 1.29 is 9.90 Å². The molecule has 1 atom stereocenters. The van der Waals surface area contributed by atoms with Crippen molar-refractivity contribution in [3.63, 3.8) is 0 Å². The van der Waals surface area contributed by atoms with E-state index in [1.165, 1.54) is 0 Å². The van der Waals surface area contributed by atoms with Crippen LogP contribution in [-0.2, 0) is 11.3 Å². The molecule has 1 aromatic carbocycles. The van der Waals surface area contributed by atoms with Gasteiger partial charge in [-0.1, -0.05) is 37.3 Å². The molecule has 5 nitrogen and oxygen atoms in total. The predicted octanol–water partition coefficient (Wildman–Crippen LogP) is 2.00. The quantitative estimate of drug-likeness (QED) is 0.809. The predicted molar refractivity (Wildman–Crippen MR) is 77.4 cm³/mol. The van der Waals surface area contributed by atoms with Crippen molar-refractivity contribution in [1.29, 1.82) is 0 Å². The van der Waals surface area contributed by atoms with Crippen molar-refractivity contribution in [2.24, 2.45) is 0 Å². The molecule has 20 heavy (non-hydrogen) atoms. The minimum atomic E-state index is -0.817. The molecule has 0 amide bonds. The Labute approximate surface area is 118 Å². The molecule has 0 aliphatic heterocycles. The third kappa shape index (κ3) is 3.68. The van der Waals surface area contributed by atoms with Crippen molar-refractivity contribution >= 4 is 5.97 Å². The van der Waals surface area contributed by atoms with Gasteiger partial charge in [0, 0.05) is 18.3 Å². The lowest BCUT2D eigenvalue weighted by Gasteiger charge is -2.12. The SMILES string of the molecule is CCNC(CCn1cc(-c2ccccc2)cn1)C(=O)O. The standard InChI is InChI=1S/C15H19N3O2/c1-2-16-14(15(19)20)8-9-18-11-13(10-17-18)12-6-4-3-5-7-12/h3-7,10-11,14,16H,2,8-9H2,1H3,(H,19,20). The van der Waals surface area contributed by atoms with Gasteiger partial charge in [-0.05, 0) is 18.5 Å². The first-order valence-corrected chi connectivity index (χ1v) is 6.74. The van der Waals surface area contributed by atoms with Crippen LogP contribution in [0.1, 0.15) is 13.3 Å². The average Bonchev–Trinajstić information content (AvgIpc) is 2.93. The highest BCUT2D eigenvalue weighted by Crippen LogP contribution is 2.17. The summed E-state index contributed by atoms with van der Waals surface area (Å²) in [5.74, 6) is -0.817. The second-order valence-electron chi connectivity index (χ2n) is 4.60. The van der Waals surface area contributed by atoms with Gasteiger partial charge in [-0.3, -0.25) is 9.48 Å². The number of rotatable bonds is 7. The van der Waals surface area contributed by atoms with E-state index in [1.807, 2.05) is 43.5 Å². The molecule has 2 rings (SSSR count). The van der Waals surface area contributed by atoms with E-state index < -0.39 is 12.0 Å². The van der Waals surface area contributed by atoms with Gasteiger partial charge in [-0.2, -0.15) is 5.10 Å². The molecule has 106 valence electrons. The number of aryl methyl sites for hydroxylation is 1. The maximum atomic E-state index is 11.0. The number of aromatic nitrogens is 2. The number of hydrogen-bond acceptors (Lipinski definition) is 3. The van der Waals surface area contributed by atoms with E-state index in [0.717, 1.165) is 11.1 Å². The van der Waals surface area contributed by atoms with E-state index in [9.17, 15) is 4.79 Å². The number of hydrogen-bond donors (Lipinski definition) is 2. The molecule has 0 saturated heterocycles. The zero-order chi connectivity index (χ0) is 14.4. The van der Waals surface area contributed by atoms with Gasteiger partial charge in [0.15, 0.2) is 0 Å². The second kappa shape index (κ2) is 6.86. The molecule has 1 unspecified atom stereocenters. The summed E-state index contributed by atoms with van der Waals surface area (Å²) >= 11 is 0. The van der Waals surface area contributed by atoms with Crippen LogP contribution in [0.25, 0.3) is 11.1 Å². The molecule has 2 aromatic rings. The van der Waals surface area contributed by atoms with Crippen molar-refractivity contribution in [3.8, 4) is 11.1 Å². The molecular formula is C15H19N3O2. The summed E-state index contributed by atoms with van der Waals surface area (Å²) in [5.41, 5.74) is 2.15. The maximum Gasteiger partial charge on any atom is 0.320 e. The smallest absolute Gasteiger partial charge is 0.320 e. The fourth-order valence-corrected chi connectivity index (χ4v) is 2.09. The van der Waals surface area contributed by atoms with E-state index in [0.29, 0.717) is 19.5 Å². The minimum Gasteiger partial charge on any atom is -0.480 e. The Morgan fingerprint density at radius 2 is 2.10 bits per heavy atom. The first kappa shape index (κ1) is 14.3. The minimum absolute atomic E-state index is 0.513. The third-order valence-electron chi connectivity index (χ3n) is 3.14. The topological polar surface area (TPSA) is 67.2 Å². The molecule has 0 bridgehead atoms. The summed E-state index contributed by atoms with van der Waals surface area (Å²) in [6.07, 6.45) is 4.26. The summed E-state index contributed by atoms with van der Waals surface area (Å²) in [5, 5.41) is 16.3. The van der Waals surface area contributed by atoms with Crippen molar-refractivity contribution in [2.75, 3.05) is 6.54 Å². The Balaban J connectivity index is 1.98. The van der Waals surface area contributed by atoms with Gasteiger partial charge in [-0.15, -0.1) is 0 Å². The van der Waals surface area contributed by atoms with E-state index >= 15 is 0 Å². The Morgan fingerprint density at radius 3 is 2.75 bits per heavy atom. The van der Waals surface area contributed by atoms with Crippen molar-refractivity contribution in [3.05, 3.63) is 42.7 Å². The van der Waals surface area contributed by atoms with Crippen LogP contribution < -0.4 is 5.32 Å². The van der Waals surface area contributed by atoms with Gasteiger partial charge in [0.25, 0.3) is 0 Å². The van der Waals surface area contributed by atoms with Gasteiger partial charge in [0.1, 0.15) is 6.04 Å². The van der Waals surface area contributed by atoms with Crippen LogP contribution in [0.15, 0.2) is 42.7 Å². The summed E-state index contributed by atoms with van der Waals surface area (Å²) in [4.78, 5) is 11.0. The first-order valence-electron chi connectivity index (χ1n) is 6.74. The number of carboxylic acids is 1.